The van der Waals surface area contributed by atoms with E-state index in [1.807, 2.05) is 80.8 Å². The summed E-state index contributed by atoms with van der Waals surface area (Å²) in [6.07, 6.45) is -0.263. The molecule has 0 fully saturated rings. The largest absolute Gasteiger partial charge is 0.494 e. The van der Waals surface area contributed by atoms with Crippen LogP contribution in [0.1, 0.15) is 38.3 Å². The molecule has 0 aliphatic heterocycles. The highest BCUT2D eigenvalue weighted by Gasteiger charge is 2.19. The molecule has 164 valence electrons. The number of thioether (sulfide) groups is 1. The van der Waals surface area contributed by atoms with E-state index in [0.29, 0.717) is 18.3 Å². The molecule has 0 bridgehead atoms. The number of hydrogen-bond acceptors (Lipinski definition) is 6. The van der Waals surface area contributed by atoms with Crippen molar-refractivity contribution in [2.75, 3.05) is 17.7 Å². The van der Waals surface area contributed by atoms with Crippen LogP contribution in [0.5, 0.6) is 11.5 Å². The molecule has 8 heteroatoms. The van der Waals surface area contributed by atoms with Gasteiger partial charge in [0.1, 0.15) is 11.5 Å². The summed E-state index contributed by atoms with van der Waals surface area (Å²) >= 11 is 1.35. The van der Waals surface area contributed by atoms with E-state index in [2.05, 4.69) is 15.5 Å². The van der Waals surface area contributed by atoms with Gasteiger partial charge in [-0.25, -0.2) is 0 Å². The molecule has 0 radical (unpaired) electrons. The van der Waals surface area contributed by atoms with Gasteiger partial charge in [0.2, 0.25) is 5.91 Å². The van der Waals surface area contributed by atoms with E-state index in [1.165, 1.54) is 11.8 Å². The van der Waals surface area contributed by atoms with Gasteiger partial charge in [-0.2, -0.15) is 0 Å². The first-order chi connectivity index (χ1) is 15.0. The second-order valence-electron chi connectivity index (χ2n) is 6.96. The second kappa shape index (κ2) is 10.9. The van der Waals surface area contributed by atoms with Gasteiger partial charge in [0, 0.05) is 12.2 Å². The van der Waals surface area contributed by atoms with Crippen LogP contribution < -0.4 is 14.8 Å². The second-order valence-corrected chi connectivity index (χ2v) is 7.90. The number of aryl methyl sites for hydroxylation is 1. The van der Waals surface area contributed by atoms with Crippen molar-refractivity contribution in [1.82, 2.24) is 14.8 Å². The predicted octanol–water partition coefficient (Wildman–Crippen LogP) is 4.88. The molecule has 1 amide bonds. The minimum atomic E-state index is -0.263. The van der Waals surface area contributed by atoms with Gasteiger partial charge in [0.05, 0.1) is 12.4 Å². The molecule has 1 atom stereocenters. The fourth-order valence-corrected chi connectivity index (χ4v) is 3.89. The van der Waals surface area contributed by atoms with Gasteiger partial charge in [-0.05, 0) is 69.7 Å². The number of carbonyl (C=O) groups is 1. The number of benzene rings is 2. The van der Waals surface area contributed by atoms with Gasteiger partial charge in [-0.15, -0.1) is 10.2 Å². The lowest BCUT2D eigenvalue weighted by Gasteiger charge is -2.16. The summed E-state index contributed by atoms with van der Waals surface area (Å²) in [5.41, 5.74) is 1.86. The number of carbonyl (C=O) groups excluding carboxylic acids is 1. The van der Waals surface area contributed by atoms with Crippen molar-refractivity contribution in [3.63, 3.8) is 0 Å². The number of nitrogens with zero attached hydrogens (tertiary/aromatic N) is 3. The van der Waals surface area contributed by atoms with Crippen LogP contribution in [-0.4, -0.2) is 33.0 Å². The Kier molecular flexibility index (Phi) is 7.94. The topological polar surface area (TPSA) is 78.3 Å². The summed E-state index contributed by atoms with van der Waals surface area (Å²) in [5.74, 6) is 2.43. The molecule has 0 saturated carbocycles. The third-order valence-electron chi connectivity index (χ3n) is 4.51. The Bertz CT molecular complexity index is 1000. The Morgan fingerprint density at radius 3 is 2.58 bits per heavy atom. The molecule has 0 aliphatic rings. The van der Waals surface area contributed by atoms with Crippen molar-refractivity contribution in [2.24, 2.45) is 0 Å². The van der Waals surface area contributed by atoms with E-state index in [1.54, 1.807) is 0 Å². The summed E-state index contributed by atoms with van der Waals surface area (Å²) in [6, 6.07) is 15.2. The van der Waals surface area contributed by atoms with E-state index in [-0.39, 0.29) is 17.8 Å². The van der Waals surface area contributed by atoms with Crippen molar-refractivity contribution >= 4 is 23.4 Å². The number of aromatic nitrogens is 3. The van der Waals surface area contributed by atoms with Crippen LogP contribution in [0.4, 0.5) is 5.69 Å². The molecular weight excluding hydrogens is 412 g/mol. The van der Waals surface area contributed by atoms with Crippen LogP contribution in [0.3, 0.4) is 0 Å². The molecule has 0 saturated heterocycles. The lowest BCUT2D eigenvalue weighted by Crippen LogP contribution is -2.15. The number of nitrogens with one attached hydrogen (secondary N) is 1. The van der Waals surface area contributed by atoms with Crippen LogP contribution >= 0.6 is 11.8 Å². The first kappa shape index (κ1) is 22.7. The lowest BCUT2D eigenvalue weighted by molar-refractivity contribution is -0.113. The van der Waals surface area contributed by atoms with E-state index in [9.17, 15) is 4.79 Å². The Morgan fingerprint density at radius 1 is 1.13 bits per heavy atom. The molecule has 1 N–H and O–H groups in total. The summed E-state index contributed by atoms with van der Waals surface area (Å²) in [7, 11) is 0. The zero-order chi connectivity index (χ0) is 22.2. The average Bonchev–Trinajstić information content (AvgIpc) is 3.17. The molecule has 0 spiro atoms. The first-order valence-electron chi connectivity index (χ1n) is 10.3. The van der Waals surface area contributed by atoms with Crippen LogP contribution in [0.25, 0.3) is 0 Å². The predicted molar refractivity (Wildman–Crippen MR) is 123 cm³/mol. The van der Waals surface area contributed by atoms with Crippen LogP contribution in [0, 0.1) is 6.92 Å². The number of rotatable bonds is 10. The third kappa shape index (κ3) is 6.24. The highest BCUT2D eigenvalue weighted by molar-refractivity contribution is 7.99. The van der Waals surface area contributed by atoms with Gasteiger partial charge in [-0.1, -0.05) is 23.9 Å². The average molecular weight is 441 g/mol. The highest BCUT2D eigenvalue weighted by Crippen LogP contribution is 2.25. The van der Waals surface area contributed by atoms with E-state index >= 15 is 0 Å². The lowest BCUT2D eigenvalue weighted by atomic mass is 10.2. The molecule has 1 heterocycles. The molecule has 7 nitrogen and oxygen atoms in total. The highest BCUT2D eigenvalue weighted by atomic mass is 32.2. The summed E-state index contributed by atoms with van der Waals surface area (Å²) in [5, 5.41) is 12.2. The van der Waals surface area contributed by atoms with Gasteiger partial charge >= 0.3 is 0 Å². The fourth-order valence-electron chi connectivity index (χ4n) is 3.08. The molecule has 1 aromatic heterocycles. The minimum absolute atomic E-state index is 0.106. The minimum Gasteiger partial charge on any atom is -0.494 e. The fraction of sp³-hybridized carbons (Fsp3) is 0.348. The smallest absolute Gasteiger partial charge is 0.234 e. The van der Waals surface area contributed by atoms with Gasteiger partial charge in [0.15, 0.2) is 17.1 Å². The van der Waals surface area contributed by atoms with Crippen molar-refractivity contribution in [3.8, 4) is 11.5 Å². The number of amides is 1. The Morgan fingerprint density at radius 2 is 1.90 bits per heavy atom. The maximum atomic E-state index is 12.4. The van der Waals surface area contributed by atoms with Gasteiger partial charge < -0.3 is 19.4 Å². The maximum absolute atomic E-state index is 12.4. The van der Waals surface area contributed by atoms with Gasteiger partial charge in [-0.3, -0.25) is 4.79 Å². The van der Waals surface area contributed by atoms with Crippen LogP contribution in [-0.2, 0) is 11.3 Å². The standard InChI is InChI=1S/C23H28N4O3S/c1-5-27-22(17(4)30-20-9-7-8-16(3)14-20)25-26-23(27)31-15-21(28)24-18-10-12-19(13-11-18)29-6-2/h7-14,17H,5-6,15H2,1-4H3,(H,24,28). The Labute approximate surface area is 187 Å². The third-order valence-corrected chi connectivity index (χ3v) is 5.48. The van der Waals surface area contributed by atoms with Crippen molar-refractivity contribution in [1.29, 1.82) is 0 Å². The molecular formula is C23H28N4O3S. The van der Waals surface area contributed by atoms with Crippen LogP contribution in [0.15, 0.2) is 53.7 Å². The van der Waals surface area contributed by atoms with E-state index in [0.717, 1.165) is 28.6 Å². The number of anilines is 1. The van der Waals surface area contributed by atoms with Crippen LogP contribution in [0.2, 0.25) is 0 Å². The zero-order valence-electron chi connectivity index (χ0n) is 18.3. The molecule has 1 unspecified atom stereocenters. The zero-order valence-corrected chi connectivity index (χ0v) is 19.1. The maximum Gasteiger partial charge on any atom is 0.234 e. The molecule has 31 heavy (non-hydrogen) atoms. The monoisotopic (exact) mass is 440 g/mol. The molecule has 0 aliphatic carbocycles. The number of ether oxygens (including phenoxy) is 2. The van der Waals surface area contributed by atoms with E-state index < -0.39 is 0 Å². The first-order valence-corrected chi connectivity index (χ1v) is 11.3. The summed E-state index contributed by atoms with van der Waals surface area (Å²) in [6.45, 7) is 9.23. The Hall–Kier alpha value is -3.00. The van der Waals surface area contributed by atoms with Crippen molar-refractivity contribution in [2.45, 2.75) is 45.5 Å². The summed E-state index contributed by atoms with van der Waals surface area (Å²) < 4.78 is 13.4. The summed E-state index contributed by atoms with van der Waals surface area (Å²) in [4.78, 5) is 12.4. The van der Waals surface area contributed by atoms with Crippen molar-refractivity contribution < 1.29 is 14.3 Å². The molecule has 3 rings (SSSR count). The van der Waals surface area contributed by atoms with E-state index in [4.69, 9.17) is 9.47 Å². The van der Waals surface area contributed by atoms with Gasteiger partial charge in [0.25, 0.3) is 0 Å². The molecule has 2 aromatic carbocycles. The Balaban J connectivity index is 1.59. The van der Waals surface area contributed by atoms with Crippen molar-refractivity contribution in [3.05, 3.63) is 59.9 Å². The normalized spacial score (nSPS) is 11.7. The quantitative estimate of drug-likeness (QED) is 0.453. The molecule has 3 aromatic rings. The number of hydrogen-bond donors (Lipinski definition) is 1. The SMILES string of the molecule is CCOc1ccc(NC(=O)CSc2nnc(C(C)Oc3cccc(C)c3)n2CC)cc1.